The minimum absolute atomic E-state index is 0.280. The van der Waals surface area contributed by atoms with Crippen molar-refractivity contribution in [3.8, 4) is 0 Å². The predicted molar refractivity (Wildman–Crippen MR) is 67.5 cm³/mol. The van der Waals surface area contributed by atoms with Crippen LogP contribution in [0.25, 0.3) is 0 Å². The van der Waals surface area contributed by atoms with Crippen molar-refractivity contribution in [2.45, 2.75) is 37.8 Å². The molecule has 2 heterocycles. The fraction of sp³-hybridized carbons (Fsp3) is 0.571. The van der Waals surface area contributed by atoms with Crippen molar-refractivity contribution in [2.24, 2.45) is 0 Å². The minimum Gasteiger partial charge on any atom is -0.377 e. The minimum atomic E-state index is -2.12. The van der Waals surface area contributed by atoms with Gasteiger partial charge in [0.2, 0.25) is 5.82 Å². The summed E-state index contributed by atoms with van der Waals surface area (Å²) in [4.78, 5) is 2.30. The van der Waals surface area contributed by atoms with Gasteiger partial charge in [0.05, 0.1) is 0 Å². The van der Waals surface area contributed by atoms with Crippen molar-refractivity contribution in [1.82, 2.24) is 4.90 Å². The van der Waals surface area contributed by atoms with E-state index in [1.165, 1.54) is 0 Å². The van der Waals surface area contributed by atoms with E-state index in [4.69, 9.17) is 0 Å². The fourth-order valence-electron chi connectivity index (χ4n) is 3.29. The molecular weight excluding hydrogens is 291 g/mol. The summed E-state index contributed by atoms with van der Waals surface area (Å²) < 4.78 is 66.6. The Balaban J connectivity index is 1.82. The van der Waals surface area contributed by atoms with Crippen LogP contribution in [0.2, 0.25) is 0 Å². The van der Waals surface area contributed by atoms with Gasteiger partial charge < -0.3 is 10.2 Å². The molecule has 2 atom stereocenters. The molecule has 1 aromatic carbocycles. The second-order valence-corrected chi connectivity index (χ2v) is 5.64. The van der Waals surface area contributed by atoms with Gasteiger partial charge in [-0.3, -0.25) is 0 Å². The number of hydrogen-bond acceptors (Lipinski definition) is 2. The summed E-state index contributed by atoms with van der Waals surface area (Å²) in [5.41, 5.74) is -0.914. The number of nitrogens with one attached hydrogen (secondary N) is 1. The van der Waals surface area contributed by atoms with E-state index in [-0.39, 0.29) is 6.04 Å². The molecule has 0 spiro atoms. The van der Waals surface area contributed by atoms with Crippen molar-refractivity contribution in [3.05, 3.63) is 29.1 Å². The number of halogens is 5. The van der Waals surface area contributed by atoms with Crippen molar-refractivity contribution in [3.63, 3.8) is 0 Å². The van der Waals surface area contributed by atoms with Crippen LogP contribution in [0.5, 0.6) is 0 Å². The molecule has 2 nitrogen and oxygen atoms in total. The molecule has 116 valence electrons. The first kappa shape index (κ1) is 14.6. The maximum atomic E-state index is 13.6. The van der Waals surface area contributed by atoms with E-state index in [1.807, 2.05) is 0 Å². The van der Waals surface area contributed by atoms with Gasteiger partial charge in [-0.05, 0) is 32.2 Å². The SMILES string of the molecule is Fc1c(F)c(F)c(NC2CCN3CCCC3C2)c(F)c1F. The average Bonchev–Trinajstić information content (AvgIpc) is 2.95. The molecule has 0 radical (unpaired) electrons. The number of anilines is 1. The lowest BCUT2D eigenvalue weighted by Crippen LogP contribution is -2.43. The normalized spacial score (nSPS) is 26.0. The first-order chi connectivity index (χ1) is 9.99. The molecule has 2 saturated heterocycles. The van der Waals surface area contributed by atoms with E-state index in [1.54, 1.807) is 0 Å². The van der Waals surface area contributed by atoms with Gasteiger partial charge in [0.15, 0.2) is 23.3 Å². The Morgan fingerprint density at radius 2 is 1.43 bits per heavy atom. The third kappa shape index (κ3) is 2.47. The van der Waals surface area contributed by atoms with Gasteiger partial charge in [-0.25, -0.2) is 22.0 Å². The van der Waals surface area contributed by atoms with Crippen molar-refractivity contribution < 1.29 is 22.0 Å². The van der Waals surface area contributed by atoms with Crippen LogP contribution in [-0.4, -0.2) is 30.1 Å². The van der Waals surface area contributed by atoms with Crippen LogP contribution in [0.4, 0.5) is 27.6 Å². The lowest BCUT2D eigenvalue weighted by Gasteiger charge is -2.35. The van der Waals surface area contributed by atoms with E-state index < -0.39 is 34.8 Å². The van der Waals surface area contributed by atoms with Gasteiger partial charge in [0.1, 0.15) is 5.69 Å². The molecule has 3 rings (SSSR count). The van der Waals surface area contributed by atoms with E-state index in [0.717, 1.165) is 25.9 Å². The monoisotopic (exact) mass is 306 g/mol. The molecule has 0 amide bonds. The molecule has 2 aliphatic rings. The van der Waals surface area contributed by atoms with Gasteiger partial charge in [0, 0.05) is 18.6 Å². The summed E-state index contributed by atoms with van der Waals surface area (Å²) in [5, 5.41) is 2.52. The molecule has 7 heteroatoms. The summed E-state index contributed by atoms with van der Waals surface area (Å²) in [6.07, 6.45) is 3.37. The Morgan fingerprint density at radius 3 is 2.10 bits per heavy atom. The Hall–Kier alpha value is -1.37. The Labute approximate surface area is 118 Å². The zero-order valence-electron chi connectivity index (χ0n) is 11.2. The van der Waals surface area contributed by atoms with Gasteiger partial charge in [-0.15, -0.1) is 0 Å². The first-order valence-electron chi connectivity index (χ1n) is 7.01. The van der Waals surface area contributed by atoms with E-state index in [0.29, 0.717) is 18.9 Å². The molecule has 1 aromatic rings. The largest absolute Gasteiger partial charge is 0.377 e. The molecule has 0 aliphatic carbocycles. The number of hydrogen-bond donors (Lipinski definition) is 1. The number of fused-ring (bicyclic) bond motifs is 1. The maximum Gasteiger partial charge on any atom is 0.200 e. The smallest absolute Gasteiger partial charge is 0.200 e. The Kier molecular flexibility index (Phi) is 3.77. The molecule has 1 N–H and O–H groups in total. The average molecular weight is 306 g/mol. The van der Waals surface area contributed by atoms with Crippen LogP contribution >= 0.6 is 0 Å². The number of benzene rings is 1. The van der Waals surface area contributed by atoms with Crippen LogP contribution in [-0.2, 0) is 0 Å². The Bertz CT molecular complexity index is 534. The zero-order valence-corrected chi connectivity index (χ0v) is 11.2. The van der Waals surface area contributed by atoms with Crippen LogP contribution in [0.3, 0.4) is 0 Å². The molecule has 21 heavy (non-hydrogen) atoms. The molecule has 0 bridgehead atoms. The number of nitrogens with zero attached hydrogens (tertiary/aromatic N) is 1. The number of rotatable bonds is 2. The topological polar surface area (TPSA) is 15.3 Å². The maximum absolute atomic E-state index is 13.6. The third-order valence-electron chi connectivity index (χ3n) is 4.38. The highest BCUT2D eigenvalue weighted by Crippen LogP contribution is 2.32. The van der Waals surface area contributed by atoms with Gasteiger partial charge in [-0.1, -0.05) is 0 Å². The summed E-state index contributed by atoms with van der Waals surface area (Å²) in [7, 11) is 0. The van der Waals surface area contributed by atoms with Crippen LogP contribution in [0.1, 0.15) is 25.7 Å². The molecule has 2 fully saturated rings. The molecule has 0 saturated carbocycles. The molecule has 2 unspecified atom stereocenters. The first-order valence-corrected chi connectivity index (χ1v) is 7.01. The molecule has 2 aliphatic heterocycles. The summed E-state index contributed by atoms with van der Waals surface area (Å²) in [6, 6.07) is 0.0510. The van der Waals surface area contributed by atoms with E-state index >= 15 is 0 Å². The lowest BCUT2D eigenvalue weighted by molar-refractivity contribution is 0.187. The number of piperidine rings is 1. The third-order valence-corrected chi connectivity index (χ3v) is 4.38. The Morgan fingerprint density at radius 1 is 0.810 bits per heavy atom. The standard InChI is InChI=1S/C14H15F5N2/c15-9-10(16)12(18)14(13(19)11(9)17)20-7-3-5-21-4-1-2-8(21)6-7/h7-8,20H,1-6H2. The highest BCUT2D eigenvalue weighted by atomic mass is 19.2. The molecular formula is C14H15F5N2. The second-order valence-electron chi connectivity index (χ2n) is 5.64. The van der Waals surface area contributed by atoms with Gasteiger partial charge in [0.25, 0.3) is 0 Å². The summed E-state index contributed by atoms with van der Waals surface area (Å²) in [6.45, 7) is 1.79. The highest BCUT2D eigenvalue weighted by Gasteiger charge is 2.33. The van der Waals surface area contributed by atoms with Crippen LogP contribution in [0.15, 0.2) is 0 Å². The summed E-state index contributed by atoms with van der Waals surface area (Å²) >= 11 is 0. The molecule has 0 aromatic heterocycles. The predicted octanol–water partition coefficient (Wildman–Crippen LogP) is 3.42. The van der Waals surface area contributed by atoms with Gasteiger partial charge >= 0.3 is 0 Å². The second kappa shape index (κ2) is 5.44. The lowest BCUT2D eigenvalue weighted by atomic mass is 9.97. The summed E-state index contributed by atoms with van der Waals surface area (Å²) in [5.74, 6) is -9.52. The van der Waals surface area contributed by atoms with Crippen LogP contribution < -0.4 is 5.32 Å². The van der Waals surface area contributed by atoms with E-state index in [2.05, 4.69) is 10.2 Å². The van der Waals surface area contributed by atoms with Crippen molar-refractivity contribution in [1.29, 1.82) is 0 Å². The quantitative estimate of drug-likeness (QED) is 0.512. The zero-order chi connectivity index (χ0) is 15.1. The fourth-order valence-corrected chi connectivity index (χ4v) is 3.29. The highest BCUT2D eigenvalue weighted by molar-refractivity contribution is 5.48. The van der Waals surface area contributed by atoms with E-state index in [9.17, 15) is 22.0 Å². The van der Waals surface area contributed by atoms with Crippen molar-refractivity contribution >= 4 is 5.69 Å². The van der Waals surface area contributed by atoms with Crippen molar-refractivity contribution in [2.75, 3.05) is 18.4 Å². The van der Waals surface area contributed by atoms with Crippen LogP contribution in [0, 0.1) is 29.1 Å². The van der Waals surface area contributed by atoms with Gasteiger partial charge in [-0.2, -0.15) is 0 Å².